The van der Waals surface area contributed by atoms with Crippen molar-refractivity contribution < 1.29 is 4.74 Å². The van der Waals surface area contributed by atoms with E-state index in [4.69, 9.17) is 10.5 Å². The second-order valence-electron chi connectivity index (χ2n) is 5.70. The van der Waals surface area contributed by atoms with Crippen LogP contribution in [-0.4, -0.2) is 36.7 Å². The first-order valence-corrected chi connectivity index (χ1v) is 8.83. The Morgan fingerprint density at radius 1 is 1.50 bits per heavy atom. The number of ether oxygens (including phenoxy) is 1. The summed E-state index contributed by atoms with van der Waals surface area (Å²) in [4.78, 5) is 2.54. The van der Waals surface area contributed by atoms with E-state index in [1.165, 1.54) is 18.4 Å². The molecule has 1 fully saturated rings. The van der Waals surface area contributed by atoms with Crippen molar-refractivity contribution in [1.82, 2.24) is 4.90 Å². The number of piperidine rings is 1. The number of hydrogen-bond acceptors (Lipinski definition) is 4. The van der Waals surface area contributed by atoms with Gasteiger partial charge in [-0.2, -0.15) is 11.3 Å². The highest BCUT2D eigenvalue weighted by atomic mass is 32.1. The van der Waals surface area contributed by atoms with Crippen LogP contribution in [0.5, 0.6) is 0 Å². The zero-order chi connectivity index (χ0) is 14.4. The van der Waals surface area contributed by atoms with E-state index in [0.717, 1.165) is 32.5 Å². The fraction of sp³-hybridized carbons (Fsp3) is 0.750. The number of thiophene rings is 1. The number of nitrogens with two attached hydrogens (primary N) is 1. The van der Waals surface area contributed by atoms with Gasteiger partial charge in [0, 0.05) is 19.2 Å². The summed E-state index contributed by atoms with van der Waals surface area (Å²) in [5, 5.41) is 4.40. The molecule has 114 valence electrons. The Morgan fingerprint density at radius 3 is 3.00 bits per heavy atom. The number of hydrogen-bond donors (Lipinski definition) is 1. The zero-order valence-corrected chi connectivity index (χ0v) is 13.6. The van der Waals surface area contributed by atoms with E-state index < -0.39 is 0 Å². The fourth-order valence-corrected chi connectivity index (χ4v) is 3.72. The molecule has 3 atom stereocenters. The molecule has 1 aromatic rings. The summed E-state index contributed by atoms with van der Waals surface area (Å²) in [6.07, 6.45) is 4.89. The lowest BCUT2D eigenvalue weighted by Gasteiger charge is -2.40. The first-order chi connectivity index (χ1) is 9.76. The lowest BCUT2D eigenvalue weighted by atomic mass is 9.95. The van der Waals surface area contributed by atoms with E-state index >= 15 is 0 Å². The third-order valence-electron chi connectivity index (χ3n) is 4.12. The molecule has 0 aliphatic carbocycles. The Bertz CT molecular complexity index is 369. The van der Waals surface area contributed by atoms with Crippen LogP contribution in [0.2, 0.25) is 0 Å². The standard InChI is InChI=1S/C16H28N2OS/c1-3-9-19-14-6-5-8-18(11-14)16(15(17)4-2)13-7-10-20-12-13/h7,10,12,14-16H,3-6,8-9,11,17H2,1-2H3. The van der Waals surface area contributed by atoms with Crippen LogP contribution in [0.1, 0.15) is 51.1 Å². The van der Waals surface area contributed by atoms with E-state index in [-0.39, 0.29) is 6.04 Å². The van der Waals surface area contributed by atoms with Crippen molar-refractivity contribution in [2.45, 2.75) is 57.7 Å². The number of nitrogens with zero attached hydrogens (tertiary/aromatic N) is 1. The van der Waals surface area contributed by atoms with Crippen LogP contribution < -0.4 is 5.73 Å². The second-order valence-corrected chi connectivity index (χ2v) is 6.48. The molecule has 0 radical (unpaired) electrons. The minimum Gasteiger partial charge on any atom is -0.377 e. The van der Waals surface area contributed by atoms with Gasteiger partial charge in [0.15, 0.2) is 0 Å². The van der Waals surface area contributed by atoms with Crippen molar-refractivity contribution in [3.63, 3.8) is 0 Å². The predicted octanol–water partition coefficient (Wildman–Crippen LogP) is 3.42. The average molecular weight is 296 g/mol. The number of likely N-dealkylation sites (tertiary alicyclic amines) is 1. The first kappa shape index (κ1) is 16.0. The Labute approximate surface area is 127 Å². The molecule has 3 unspecified atom stereocenters. The van der Waals surface area contributed by atoms with Crippen LogP contribution in [0, 0.1) is 0 Å². The SMILES string of the molecule is CCCOC1CCCN(C(c2ccsc2)C(N)CC)C1. The Morgan fingerprint density at radius 2 is 2.35 bits per heavy atom. The first-order valence-electron chi connectivity index (χ1n) is 7.89. The maximum Gasteiger partial charge on any atom is 0.0702 e. The van der Waals surface area contributed by atoms with Crippen LogP contribution >= 0.6 is 11.3 Å². The molecule has 1 aromatic heterocycles. The fourth-order valence-electron chi connectivity index (χ4n) is 3.03. The largest absolute Gasteiger partial charge is 0.377 e. The molecule has 0 saturated carbocycles. The molecular formula is C16H28N2OS. The Hall–Kier alpha value is -0.420. The molecule has 0 amide bonds. The summed E-state index contributed by atoms with van der Waals surface area (Å²) in [6.45, 7) is 7.39. The third kappa shape index (κ3) is 4.04. The van der Waals surface area contributed by atoms with Crippen molar-refractivity contribution >= 4 is 11.3 Å². The molecule has 3 nitrogen and oxygen atoms in total. The van der Waals surface area contributed by atoms with Gasteiger partial charge in [-0.25, -0.2) is 0 Å². The van der Waals surface area contributed by atoms with Crippen LogP contribution in [0.4, 0.5) is 0 Å². The van der Waals surface area contributed by atoms with E-state index in [1.54, 1.807) is 11.3 Å². The normalized spacial score (nSPS) is 23.6. The van der Waals surface area contributed by atoms with Gasteiger partial charge in [0.25, 0.3) is 0 Å². The molecule has 0 bridgehead atoms. The lowest BCUT2D eigenvalue weighted by Crippen LogP contribution is -2.47. The quantitative estimate of drug-likeness (QED) is 0.838. The van der Waals surface area contributed by atoms with Gasteiger partial charge < -0.3 is 10.5 Å². The Kier molecular flexibility index (Phi) is 6.49. The van der Waals surface area contributed by atoms with E-state index in [2.05, 4.69) is 35.6 Å². The molecule has 2 N–H and O–H groups in total. The van der Waals surface area contributed by atoms with Gasteiger partial charge in [-0.3, -0.25) is 4.90 Å². The Balaban J connectivity index is 2.04. The average Bonchev–Trinajstić information content (AvgIpc) is 2.99. The van der Waals surface area contributed by atoms with Crippen molar-refractivity contribution in [1.29, 1.82) is 0 Å². The van der Waals surface area contributed by atoms with Crippen molar-refractivity contribution in [2.75, 3.05) is 19.7 Å². The molecule has 1 saturated heterocycles. The molecule has 0 spiro atoms. The van der Waals surface area contributed by atoms with Gasteiger partial charge in [0.05, 0.1) is 12.1 Å². The van der Waals surface area contributed by atoms with Crippen molar-refractivity contribution in [3.05, 3.63) is 22.4 Å². The third-order valence-corrected chi connectivity index (χ3v) is 4.82. The van der Waals surface area contributed by atoms with E-state index in [1.807, 2.05) is 0 Å². The molecule has 1 aliphatic rings. The monoisotopic (exact) mass is 296 g/mol. The lowest BCUT2D eigenvalue weighted by molar-refractivity contribution is -0.0164. The molecule has 4 heteroatoms. The van der Waals surface area contributed by atoms with Crippen LogP contribution in [0.25, 0.3) is 0 Å². The van der Waals surface area contributed by atoms with Gasteiger partial charge in [-0.1, -0.05) is 13.8 Å². The van der Waals surface area contributed by atoms with Gasteiger partial charge in [-0.05, 0) is 54.6 Å². The highest BCUT2D eigenvalue weighted by Crippen LogP contribution is 2.30. The minimum absolute atomic E-state index is 0.203. The van der Waals surface area contributed by atoms with Gasteiger partial charge in [-0.15, -0.1) is 0 Å². The van der Waals surface area contributed by atoms with Gasteiger partial charge in [0.2, 0.25) is 0 Å². The van der Waals surface area contributed by atoms with Crippen LogP contribution in [-0.2, 0) is 4.74 Å². The second kappa shape index (κ2) is 8.13. The highest BCUT2D eigenvalue weighted by Gasteiger charge is 2.30. The van der Waals surface area contributed by atoms with Crippen molar-refractivity contribution in [2.24, 2.45) is 5.73 Å². The number of rotatable bonds is 7. The van der Waals surface area contributed by atoms with Gasteiger partial charge in [0.1, 0.15) is 0 Å². The summed E-state index contributed by atoms with van der Waals surface area (Å²) >= 11 is 1.76. The zero-order valence-electron chi connectivity index (χ0n) is 12.8. The van der Waals surface area contributed by atoms with Crippen molar-refractivity contribution in [3.8, 4) is 0 Å². The molecule has 20 heavy (non-hydrogen) atoms. The maximum absolute atomic E-state index is 6.41. The molecule has 2 rings (SSSR count). The smallest absolute Gasteiger partial charge is 0.0702 e. The van der Waals surface area contributed by atoms with Gasteiger partial charge >= 0.3 is 0 Å². The van der Waals surface area contributed by atoms with E-state index in [0.29, 0.717) is 12.1 Å². The predicted molar refractivity (Wildman–Crippen MR) is 86.2 cm³/mol. The topological polar surface area (TPSA) is 38.5 Å². The maximum atomic E-state index is 6.41. The summed E-state index contributed by atoms with van der Waals surface area (Å²) in [5.74, 6) is 0. The summed E-state index contributed by atoms with van der Waals surface area (Å²) in [5.41, 5.74) is 7.78. The summed E-state index contributed by atoms with van der Waals surface area (Å²) in [7, 11) is 0. The van der Waals surface area contributed by atoms with E-state index in [9.17, 15) is 0 Å². The van der Waals surface area contributed by atoms with Crippen LogP contribution in [0.3, 0.4) is 0 Å². The minimum atomic E-state index is 0.203. The molecule has 2 heterocycles. The van der Waals surface area contributed by atoms with Crippen LogP contribution in [0.15, 0.2) is 16.8 Å². The summed E-state index contributed by atoms with van der Waals surface area (Å²) in [6, 6.07) is 2.77. The highest BCUT2D eigenvalue weighted by molar-refractivity contribution is 7.07. The molecule has 0 aromatic carbocycles. The molecule has 1 aliphatic heterocycles. The summed E-state index contributed by atoms with van der Waals surface area (Å²) < 4.78 is 5.96. The molecular weight excluding hydrogens is 268 g/mol.